The summed E-state index contributed by atoms with van der Waals surface area (Å²) >= 11 is 0. The molecule has 0 spiro atoms. The van der Waals surface area contributed by atoms with E-state index in [0.29, 0.717) is 32.8 Å². The number of amides is 1. The molecule has 0 N–H and O–H groups in total. The zero-order valence-corrected chi connectivity index (χ0v) is 10.6. The fourth-order valence-electron chi connectivity index (χ4n) is 1.65. The van der Waals surface area contributed by atoms with Gasteiger partial charge in [-0.2, -0.15) is 0 Å². The standard InChI is InChI=1S/C12H19NO5/c1-2-18-12(16)4-3-10(14)9-13-6-8-17-7-5-11(13)15/h2-9H2,1H3. The zero-order chi connectivity index (χ0) is 13.4. The first-order valence-electron chi connectivity index (χ1n) is 6.16. The van der Waals surface area contributed by atoms with Gasteiger partial charge in [0.25, 0.3) is 0 Å². The number of nitrogens with zero attached hydrogens (tertiary/aromatic N) is 1. The van der Waals surface area contributed by atoms with Crippen LogP contribution in [-0.4, -0.2) is 55.5 Å². The molecule has 0 aromatic heterocycles. The van der Waals surface area contributed by atoms with E-state index in [0.717, 1.165) is 0 Å². The predicted molar refractivity (Wildman–Crippen MR) is 62.9 cm³/mol. The van der Waals surface area contributed by atoms with Crippen molar-refractivity contribution in [1.82, 2.24) is 4.90 Å². The number of rotatable bonds is 6. The summed E-state index contributed by atoms with van der Waals surface area (Å²) < 4.78 is 9.89. The van der Waals surface area contributed by atoms with Gasteiger partial charge < -0.3 is 14.4 Å². The van der Waals surface area contributed by atoms with Gasteiger partial charge >= 0.3 is 5.97 Å². The summed E-state index contributed by atoms with van der Waals surface area (Å²) in [4.78, 5) is 35.8. The molecule has 0 unspecified atom stereocenters. The third-order valence-electron chi connectivity index (χ3n) is 2.60. The van der Waals surface area contributed by atoms with Gasteiger partial charge in [0.05, 0.1) is 39.2 Å². The number of esters is 1. The molecule has 1 rings (SSSR count). The van der Waals surface area contributed by atoms with E-state index >= 15 is 0 Å². The third-order valence-corrected chi connectivity index (χ3v) is 2.60. The summed E-state index contributed by atoms with van der Waals surface area (Å²) in [5.74, 6) is -0.577. The van der Waals surface area contributed by atoms with Gasteiger partial charge in [0.15, 0.2) is 5.78 Å². The second kappa shape index (κ2) is 7.81. The molecule has 1 heterocycles. The van der Waals surface area contributed by atoms with E-state index in [-0.39, 0.29) is 37.0 Å². The van der Waals surface area contributed by atoms with Crippen molar-refractivity contribution in [3.63, 3.8) is 0 Å². The Kier molecular flexibility index (Phi) is 6.35. The molecular formula is C12H19NO5. The maximum Gasteiger partial charge on any atom is 0.306 e. The third kappa shape index (κ3) is 5.27. The van der Waals surface area contributed by atoms with Crippen molar-refractivity contribution in [3.8, 4) is 0 Å². The quantitative estimate of drug-likeness (QED) is 0.633. The summed E-state index contributed by atoms with van der Waals surface area (Å²) in [6, 6.07) is 0. The lowest BCUT2D eigenvalue weighted by atomic mass is 10.2. The number of ether oxygens (including phenoxy) is 2. The lowest BCUT2D eigenvalue weighted by Gasteiger charge is -2.18. The van der Waals surface area contributed by atoms with E-state index in [1.165, 1.54) is 4.90 Å². The highest BCUT2D eigenvalue weighted by molar-refractivity contribution is 5.88. The van der Waals surface area contributed by atoms with Crippen molar-refractivity contribution < 1.29 is 23.9 Å². The van der Waals surface area contributed by atoms with Crippen LogP contribution in [0.3, 0.4) is 0 Å². The molecule has 0 aromatic carbocycles. The average molecular weight is 257 g/mol. The van der Waals surface area contributed by atoms with E-state index in [2.05, 4.69) is 0 Å². The normalized spacial score (nSPS) is 16.3. The fraction of sp³-hybridized carbons (Fsp3) is 0.750. The van der Waals surface area contributed by atoms with Gasteiger partial charge in [0.1, 0.15) is 0 Å². The van der Waals surface area contributed by atoms with E-state index in [9.17, 15) is 14.4 Å². The van der Waals surface area contributed by atoms with Gasteiger partial charge in [-0.25, -0.2) is 0 Å². The number of hydrogen-bond donors (Lipinski definition) is 0. The Hall–Kier alpha value is -1.43. The Balaban J connectivity index is 2.30. The Morgan fingerprint density at radius 3 is 2.83 bits per heavy atom. The first-order chi connectivity index (χ1) is 8.63. The maximum absolute atomic E-state index is 11.6. The summed E-state index contributed by atoms with van der Waals surface area (Å²) in [5, 5.41) is 0. The summed E-state index contributed by atoms with van der Waals surface area (Å²) in [5.41, 5.74) is 0. The smallest absolute Gasteiger partial charge is 0.306 e. The molecule has 0 aliphatic carbocycles. The largest absolute Gasteiger partial charge is 0.466 e. The monoisotopic (exact) mass is 257 g/mol. The molecule has 1 aliphatic heterocycles. The highest BCUT2D eigenvalue weighted by atomic mass is 16.5. The topological polar surface area (TPSA) is 72.9 Å². The molecule has 18 heavy (non-hydrogen) atoms. The van der Waals surface area contributed by atoms with E-state index in [1.807, 2.05) is 0 Å². The van der Waals surface area contributed by atoms with Gasteiger partial charge in [-0.05, 0) is 6.92 Å². The van der Waals surface area contributed by atoms with Crippen LogP contribution in [0, 0.1) is 0 Å². The molecule has 102 valence electrons. The maximum atomic E-state index is 11.6. The van der Waals surface area contributed by atoms with Gasteiger partial charge in [0, 0.05) is 13.0 Å². The van der Waals surface area contributed by atoms with Crippen LogP contribution < -0.4 is 0 Å². The van der Waals surface area contributed by atoms with Crippen LogP contribution in [0.2, 0.25) is 0 Å². The lowest BCUT2D eigenvalue weighted by Crippen LogP contribution is -2.36. The molecule has 6 nitrogen and oxygen atoms in total. The second-order valence-corrected chi connectivity index (χ2v) is 4.02. The zero-order valence-electron chi connectivity index (χ0n) is 10.6. The molecule has 1 amide bonds. The van der Waals surface area contributed by atoms with Gasteiger partial charge in [-0.3, -0.25) is 14.4 Å². The van der Waals surface area contributed by atoms with Crippen LogP contribution in [-0.2, 0) is 23.9 Å². The molecule has 0 bridgehead atoms. The minimum Gasteiger partial charge on any atom is -0.466 e. The lowest BCUT2D eigenvalue weighted by molar-refractivity contribution is -0.144. The van der Waals surface area contributed by atoms with Gasteiger partial charge in [-0.15, -0.1) is 0 Å². The Morgan fingerprint density at radius 2 is 2.11 bits per heavy atom. The van der Waals surface area contributed by atoms with Gasteiger partial charge in [0.2, 0.25) is 5.91 Å². The molecule has 0 saturated carbocycles. The molecule has 0 atom stereocenters. The number of ketones is 1. The van der Waals surface area contributed by atoms with E-state index < -0.39 is 0 Å². The average Bonchev–Trinajstić information content (AvgIpc) is 2.53. The SMILES string of the molecule is CCOC(=O)CCC(=O)CN1CCOCCC1=O. The number of hydrogen-bond acceptors (Lipinski definition) is 5. The van der Waals surface area contributed by atoms with Crippen molar-refractivity contribution >= 4 is 17.7 Å². The molecule has 0 radical (unpaired) electrons. The molecular weight excluding hydrogens is 238 g/mol. The van der Waals surface area contributed by atoms with Crippen LogP contribution >= 0.6 is 0 Å². The van der Waals surface area contributed by atoms with Gasteiger partial charge in [-0.1, -0.05) is 0 Å². The molecule has 1 aliphatic rings. The van der Waals surface area contributed by atoms with Crippen molar-refractivity contribution in [1.29, 1.82) is 0 Å². The summed E-state index contributed by atoms with van der Waals surface area (Å²) in [6.45, 7) is 3.39. The first kappa shape index (κ1) is 14.6. The van der Waals surface area contributed by atoms with Crippen LogP contribution in [0.4, 0.5) is 0 Å². The summed E-state index contributed by atoms with van der Waals surface area (Å²) in [7, 11) is 0. The Bertz CT molecular complexity index is 316. The summed E-state index contributed by atoms with van der Waals surface area (Å²) in [6.07, 6.45) is 0.500. The number of Topliss-reactive ketones (excluding diaryl/α,β-unsaturated/α-hetero) is 1. The van der Waals surface area contributed by atoms with Crippen molar-refractivity contribution in [2.75, 3.05) is 32.9 Å². The fourth-order valence-corrected chi connectivity index (χ4v) is 1.65. The van der Waals surface area contributed by atoms with Crippen molar-refractivity contribution in [2.24, 2.45) is 0 Å². The Morgan fingerprint density at radius 1 is 1.33 bits per heavy atom. The highest BCUT2D eigenvalue weighted by Crippen LogP contribution is 2.03. The van der Waals surface area contributed by atoms with Crippen LogP contribution in [0.5, 0.6) is 0 Å². The minimum absolute atomic E-state index is 0.0571. The first-order valence-corrected chi connectivity index (χ1v) is 6.16. The van der Waals surface area contributed by atoms with Crippen LogP contribution in [0.1, 0.15) is 26.2 Å². The highest BCUT2D eigenvalue weighted by Gasteiger charge is 2.19. The molecule has 6 heteroatoms. The predicted octanol–water partition coefficient (Wildman–Crippen LogP) is 0.148. The molecule has 1 saturated heterocycles. The molecule has 0 aromatic rings. The Labute approximate surface area is 106 Å². The second-order valence-electron chi connectivity index (χ2n) is 4.02. The van der Waals surface area contributed by atoms with Crippen molar-refractivity contribution in [2.45, 2.75) is 26.2 Å². The van der Waals surface area contributed by atoms with E-state index in [1.54, 1.807) is 6.92 Å². The number of carbonyl (C=O) groups excluding carboxylic acids is 3. The number of carbonyl (C=O) groups is 3. The van der Waals surface area contributed by atoms with E-state index in [4.69, 9.17) is 9.47 Å². The van der Waals surface area contributed by atoms with Crippen LogP contribution in [0.15, 0.2) is 0 Å². The van der Waals surface area contributed by atoms with Crippen LogP contribution in [0.25, 0.3) is 0 Å². The van der Waals surface area contributed by atoms with Crippen molar-refractivity contribution in [3.05, 3.63) is 0 Å². The minimum atomic E-state index is -0.378. The molecule has 1 fully saturated rings.